The van der Waals surface area contributed by atoms with E-state index in [-0.39, 0.29) is 11.7 Å². The second-order valence-corrected chi connectivity index (χ2v) is 7.39. The van der Waals surface area contributed by atoms with Crippen LogP contribution in [0.5, 0.6) is 0 Å². The number of para-hydroxylation sites is 1. The van der Waals surface area contributed by atoms with Crippen molar-refractivity contribution in [2.24, 2.45) is 0 Å². The van der Waals surface area contributed by atoms with E-state index >= 15 is 0 Å². The summed E-state index contributed by atoms with van der Waals surface area (Å²) >= 11 is 1.30. The van der Waals surface area contributed by atoms with Crippen molar-refractivity contribution in [3.8, 4) is 0 Å². The van der Waals surface area contributed by atoms with Crippen LogP contribution in [-0.4, -0.2) is 69.5 Å². The number of fused-ring (bicyclic) bond motifs is 1. The van der Waals surface area contributed by atoms with Gasteiger partial charge in [-0.2, -0.15) is 9.97 Å². The average molecular weight is 430 g/mol. The summed E-state index contributed by atoms with van der Waals surface area (Å²) in [5.74, 6) is 1.69. The standard InChI is InChI=1S/C19H27N9OS/c1-4-20-16-23-17(21-5-2)28-18(24-16)25-26-19(28)30-13-15(29)22-11-12-27(3)14-9-7-6-8-10-14/h6-10H,4-5,11-13H2,1-3H3,(H,22,29)(H2,20,21,23,24,25). The van der Waals surface area contributed by atoms with Crippen molar-refractivity contribution in [2.45, 2.75) is 19.0 Å². The fourth-order valence-electron chi connectivity index (χ4n) is 2.75. The van der Waals surface area contributed by atoms with E-state index in [1.807, 2.05) is 51.2 Å². The first-order valence-corrected chi connectivity index (χ1v) is 10.9. The lowest BCUT2D eigenvalue weighted by atomic mass is 10.3. The molecule has 0 spiro atoms. The monoisotopic (exact) mass is 429 g/mol. The summed E-state index contributed by atoms with van der Waals surface area (Å²) in [6, 6.07) is 10.1. The molecule has 0 atom stereocenters. The van der Waals surface area contributed by atoms with Crippen molar-refractivity contribution in [1.29, 1.82) is 0 Å². The average Bonchev–Trinajstić information content (AvgIpc) is 3.16. The minimum atomic E-state index is -0.0617. The molecule has 2 heterocycles. The van der Waals surface area contributed by atoms with Crippen molar-refractivity contribution in [3.63, 3.8) is 0 Å². The van der Waals surface area contributed by atoms with Crippen molar-refractivity contribution < 1.29 is 4.79 Å². The lowest BCUT2D eigenvalue weighted by Gasteiger charge is -2.19. The Bertz CT molecular complexity index is 963. The fourth-order valence-corrected chi connectivity index (χ4v) is 3.51. The molecule has 0 unspecified atom stereocenters. The third kappa shape index (κ3) is 5.50. The number of hydrogen-bond acceptors (Lipinski definition) is 9. The number of rotatable bonds is 11. The van der Waals surface area contributed by atoms with Gasteiger partial charge in [-0.3, -0.25) is 4.79 Å². The van der Waals surface area contributed by atoms with Crippen molar-refractivity contribution >= 4 is 41.0 Å². The molecule has 0 saturated heterocycles. The van der Waals surface area contributed by atoms with Gasteiger partial charge in [0.1, 0.15) is 0 Å². The Morgan fingerprint density at radius 1 is 1.10 bits per heavy atom. The number of benzene rings is 1. The molecule has 0 saturated carbocycles. The van der Waals surface area contributed by atoms with E-state index in [0.29, 0.717) is 42.5 Å². The van der Waals surface area contributed by atoms with Gasteiger partial charge >= 0.3 is 0 Å². The van der Waals surface area contributed by atoms with Gasteiger partial charge in [0.15, 0.2) is 5.16 Å². The molecule has 2 aromatic heterocycles. The van der Waals surface area contributed by atoms with E-state index in [1.54, 1.807) is 4.40 Å². The van der Waals surface area contributed by atoms with E-state index in [4.69, 9.17) is 0 Å². The molecule has 3 rings (SSSR count). The Morgan fingerprint density at radius 2 is 1.87 bits per heavy atom. The molecule has 160 valence electrons. The zero-order chi connectivity index (χ0) is 21.3. The van der Waals surface area contributed by atoms with Gasteiger partial charge in [-0.15, -0.1) is 10.2 Å². The Kier molecular flexibility index (Phi) is 7.66. The first kappa shape index (κ1) is 21.6. The highest BCUT2D eigenvalue weighted by atomic mass is 32.2. The molecule has 0 aliphatic carbocycles. The number of carbonyl (C=O) groups is 1. The second-order valence-electron chi connectivity index (χ2n) is 6.45. The van der Waals surface area contributed by atoms with Crippen LogP contribution in [0.25, 0.3) is 5.78 Å². The lowest BCUT2D eigenvalue weighted by molar-refractivity contribution is -0.118. The molecule has 1 amide bonds. The van der Waals surface area contributed by atoms with Crippen LogP contribution in [0, 0.1) is 0 Å². The number of nitrogens with zero attached hydrogens (tertiary/aromatic N) is 6. The molecule has 0 aliphatic heterocycles. The SMILES string of the molecule is CCNc1nc(NCC)n2c(SCC(=O)NCCN(C)c3ccccc3)nnc2n1. The molecule has 11 heteroatoms. The third-order valence-electron chi connectivity index (χ3n) is 4.21. The number of anilines is 3. The predicted octanol–water partition coefficient (Wildman–Crippen LogP) is 1.73. The van der Waals surface area contributed by atoms with E-state index in [0.717, 1.165) is 12.2 Å². The number of nitrogens with one attached hydrogen (secondary N) is 3. The van der Waals surface area contributed by atoms with Crippen LogP contribution in [0.1, 0.15) is 13.8 Å². The zero-order valence-electron chi connectivity index (χ0n) is 17.4. The molecule has 3 aromatic rings. The van der Waals surface area contributed by atoms with Gasteiger partial charge in [-0.25, -0.2) is 4.40 Å². The maximum Gasteiger partial charge on any atom is 0.261 e. The molecular weight excluding hydrogens is 402 g/mol. The van der Waals surface area contributed by atoms with E-state index in [1.165, 1.54) is 11.8 Å². The summed E-state index contributed by atoms with van der Waals surface area (Å²) in [6.07, 6.45) is 0. The quantitative estimate of drug-likeness (QED) is 0.392. The van der Waals surface area contributed by atoms with Gasteiger partial charge < -0.3 is 20.9 Å². The Labute approximate surface area is 179 Å². The number of thioether (sulfide) groups is 1. The number of aromatic nitrogens is 5. The molecule has 10 nitrogen and oxygen atoms in total. The molecule has 0 fully saturated rings. The van der Waals surface area contributed by atoms with Crippen LogP contribution in [0.2, 0.25) is 0 Å². The maximum absolute atomic E-state index is 12.3. The summed E-state index contributed by atoms with van der Waals surface area (Å²) in [4.78, 5) is 23.2. The van der Waals surface area contributed by atoms with Gasteiger partial charge in [0.05, 0.1) is 5.75 Å². The normalized spacial score (nSPS) is 10.8. The van der Waals surface area contributed by atoms with E-state index in [9.17, 15) is 4.79 Å². The molecule has 0 aliphatic rings. The zero-order valence-corrected chi connectivity index (χ0v) is 18.2. The van der Waals surface area contributed by atoms with E-state index < -0.39 is 0 Å². The summed E-state index contributed by atoms with van der Waals surface area (Å²) in [5.41, 5.74) is 1.11. The molecule has 0 radical (unpaired) electrons. The fraction of sp³-hybridized carbons (Fsp3) is 0.421. The van der Waals surface area contributed by atoms with E-state index in [2.05, 4.69) is 41.0 Å². The van der Waals surface area contributed by atoms with Gasteiger partial charge in [0, 0.05) is 38.9 Å². The molecule has 0 bridgehead atoms. The van der Waals surface area contributed by atoms with Crippen LogP contribution in [-0.2, 0) is 4.79 Å². The maximum atomic E-state index is 12.3. The smallest absolute Gasteiger partial charge is 0.261 e. The molecular formula is C19H27N9OS. The third-order valence-corrected chi connectivity index (χ3v) is 5.14. The van der Waals surface area contributed by atoms with Crippen LogP contribution >= 0.6 is 11.8 Å². The highest BCUT2D eigenvalue weighted by molar-refractivity contribution is 7.99. The minimum Gasteiger partial charge on any atom is -0.373 e. The Hall–Kier alpha value is -3.08. The first-order chi connectivity index (χ1) is 14.6. The number of amides is 1. The number of hydrogen-bond donors (Lipinski definition) is 3. The summed E-state index contributed by atoms with van der Waals surface area (Å²) < 4.78 is 1.73. The topological polar surface area (TPSA) is 112 Å². The first-order valence-electron chi connectivity index (χ1n) is 9.89. The van der Waals surface area contributed by atoms with Gasteiger partial charge in [0.2, 0.25) is 17.8 Å². The largest absolute Gasteiger partial charge is 0.373 e. The molecule has 1 aromatic carbocycles. The summed E-state index contributed by atoms with van der Waals surface area (Å²) in [5, 5.41) is 18.1. The van der Waals surface area contributed by atoms with Gasteiger partial charge in [0.25, 0.3) is 5.78 Å². The van der Waals surface area contributed by atoms with Gasteiger partial charge in [-0.1, -0.05) is 30.0 Å². The summed E-state index contributed by atoms with van der Waals surface area (Å²) in [7, 11) is 2.00. The minimum absolute atomic E-state index is 0.0617. The predicted molar refractivity (Wildman–Crippen MR) is 120 cm³/mol. The molecule has 3 N–H and O–H groups in total. The lowest BCUT2D eigenvalue weighted by Crippen LogP contribution is -2.33. The second kappa shape index (κ2) is 10.6. The highest BCUT2D eigenvalue weighted by Crippen LogP contribution is 2.20. The Balaban J connectivity index is 1.56. The van der Waals surface area contributed by atoms with Crippen LogP contribution in [0.4, 0.5) is 17.6 Å². The van der Waals surface area contributed by atoms with Crippen LogP contribution < -0.4 is 20.9 Å². The van der Waals surface area contributed by atoms with Crippen LogP contribution in [0.3, 0.4) is 0 Å². The Morgan fingerprint density at radius 3 is 2.60 bits per heavy atom. The molecule has 30 heavy (non-hydrogen) atoms. The number of carbonyl (C=O) groups excluding carboxylic acids is 1. The highest BCUT2D eigenvalue weighted by Gasteiger charge is 2.15. The summed E-state index contributed by atoms with van der Waals surface area (Å²) in [6.45, 7) is 6.63. The van der Waals surface area contributed by atoms with Gasteiger partial charge in [-0.05, 0) is 26.0 Å². The number of likely N-dealkylation sites (N-methyl/N-ethyl adjacent to an activating group) is 1. The van der Waals surface area contributed by atoms with Crippen molar-refractivity contribution in [2.75, 3.05) is 54.5 Å². The van der Waals surface area contributed by atoms with Crippen LogP contribution in [0.15, 0.2) is 35.5 Å². The van der Waals surface area contributed by atoms with Crippen molar-refractivity contribution in [3.05, 3.63) is 30.3 Å². The van der Waals surface area contributed by atoms with Crippen molar-refractivity contribution in [1.82, 2.24) is 29.9 Å².